The Balaban J connectivity index is 3.18. The molecule has 90 valence electrons. The van der Waals surface area contributed by atoms with Crippen LogP contribution < -0.4 is 0 Å². The summed E-state index contributed by atoms with van der Waals surface area (Å²) in [5, 5.41) is 0. The van der Waals surface area contributed by atoms with Crippen LogP contribution in [0.25, 0.3) is 0 Å². The lowest BCUT2D eigenvalue weighted by Gasteiger charge is -2.31. The van der Waals surface area contributed by atoms with Crippen molar-refractivity contribution in [1.29, 1.82) is 0 Å². The van der Waals surface area contributed by atoms with Gasteiger partial charge in [-0.05, 0) is 27.9 Å². The van der Waals surface area contributed by atoms with Crippen molar-refractivity contribution < 1.29 is 0 Å². The zero-order valence-corrected chi connectivity index (χ0v) is 11.9. The number of hydrogen-bond donors (Lipinski definition) is 0. The van der Waals surface area contributed by atoms with Gasteiger partial charge in [0.25, 0.3) is 0 Å². The van der Waals surface area contributed by atoms with Crippen LogP contribution in [0.1, 0.15) is 59.6 Å². The largest absolute Gasteiger partial charge is 0.0619 e. The first-order valence-corrected chi connectivity index (χ1v) is 6.26. The summed E-state index contributed by atoms with van der Waals surface area (Å²) in [6.45, 7) is 16.1. The molecule has 0 radical (unpaired) electrons. The molecule has 0 atom stereocenters. The van der Waals surface area contributed by atoms with Crippen molar-refractivity contribution in [2.75, 3.05) is 0 Å². The molecule has 0 aliphatic rings. The maximum atomic E-state index is 2.38. The van der Waals surface area contributed by atoms with Crippen molar-refractivity contribution in [3.63, 3.8) is 0 Å². The Morgan fingerprint density at radius 1 is 0.875 bits per heavy atom. The van der Waals surface area contributed by atoms with Gasteiger partial charge in [-0.3, -0.25) is 0 Å². The molecule has 0 fully saturated rings. The molecule has 1 rings (SSSR count). The monoisotopic (exact) mass is 218 g/mol. The van der Waals surface area contributed by atoms with Crippen LogP contribution >= 0.6 is 0 Å². The summed E-state index contributed by atoms with van der Waals surface area (Å²) in [5.74, 6) is 0.655. The molecule has 0 spiro atoms. The third kappa shape index (κ3) is 2.66. The van der Waals surface area contributed by atoms with Crippen molar-refractivity contribution >= 4 is 0 Å². The molecular weight excluding hydrogens is 192 g/mol. The highest BCUT2D eigenvalue weighted by atomic mass is 14.3. The SMILES string of the molecule is CC(C)C(C)(C)c1cccc(C(C)(C)C)c1. The molecule has 0 heteroatoms. The van der Waals surface area contributed by atoms with E-state index < -0.39 is 0 Å². The minimum Gasteiger partial charge on any atom is -0.0619 e. The summed E-state index contributed by atoms with van der Waals surface area (Å²) >= 11 is 0. The molecule has 0 bridgehead atoms. The molecular formula is C16H26. The van der Waals surface area contributed by atoms with Gasteiger partial charge in [0.15, 0.2) is 0 Å². The van der Waals surface area contributed by atoms with Gasteiger partial charge in [0.05, 0.1) is 0 Å². The molecule has 1 aromatic carbocycles. The normalized spacial score (nSPS) is 13.2. The summed E-state index contributed by atoms with van der Waals surface area (Å²) in [6.07, 6.45) is 0. The molecule has 0 N–H and O–H groups in total. The van der Waals surface area contributed by atoms with E-state index >= 15 is 0 Å². The fraction of sp³-hybridized carbons (Fsp3) is 0.625. The van der Waals surface area contributed by atoms with Crippen molar-refractivity contribution in [1.82, 2.24) is 0 Å². The summed E-state index contributed by atoms with van der Waals surface area (Å²) in [5.41, 5.74) is 3.37. The van der Waals surface area contributed by atoms with E-state index in [0.29, 0.717) is 5.92 Å². The topological polar surface area (TPSA) is 0 Å². The quantitative estimate of drug-likeness (QED) is 0.661. The molecule has 0 saturated carbocycles. The van der Waals surface area contributed by atoms with E-state index in [1.54, 1.807) is 0 Å². The second-order valence-corrected chi connectivity index (χ2v) is 6.71. The van der Waals surface area contributed by atoms with Crippen molar-refractivity contribution in [2.45, 2.75) is 59.3 Å². The summed E-state index contributed by atoms with van der Waals surface area (Å²) < 4.78 is 0. The van der Waals surface area contributed by atoms with Crippen LogP contribution in [0.4, 0.5) is 0 Å². The zero-order valence-electron chi connectivity index (χ0n) is 11.9. The predicted molar refractivity (Wildman–Crippen MR) is 73.0 cm³/mol. The molecule has 16 heavy (non-hydrogen) atoms. The minimum atomic E-state index is 0.239. The van der Waals surface area contributed by atoms with Gasteiger partial charge in [0.2, 0.25) is 0 Å². The molecule has 1 aromatic rings. The molecule has 0 nitrogen and oxygen atoms in total. The third-order valence-corrected chi connectivity index (χ3v) is 3.92. The second-order valence-electron chi connectivity index (χ2n) is 6.71. The summed E-state index contributed by atoms with van der Waals surface area (Å²) in [7, 11) is 0. The predicted octanol–water partition coefficient (Wildman–Crippen LogP) is 4.92. The lowest BCUT2D eigenvalue weighted by Crippen LogP contribution is -2.25. The average molecular weight is 218 g/mol. The van der Waals surface area contributed by atoms with E-state index in [0.717, 1.165) is 0 Å². The van der Waals surface area contributed by atoms with Gasteiger partial charge < -0.3 is 0 Å². The number of rotatable bonds is 2. The maximum absolute atomic E-state index is 2.38. The van der Waals surface area contributed by atoms with Crippen molar-refractivity contribution in [3.05, 3.63) is 35.4 Å². The number of benzene rings is 1. The first kappa shape index (κ1) is 13.3. The van der Waals surface area contributed by atoms with Crippen molar-refractivity contribution in [2.24, 2.45) is 5.92 Å². The average Bonchev–Trinajstić information content (AvgIpc) is 2.16. The third-order valence-electron chi connectivity index (χ3n) is 3.92. The van der Waals surface area contributed by atoms with Gasteiger partial charge in [-0.15, -0.1) is 0 Å². The van der Waals surface area contributed by atoms with Gasteiger partial charge >= 0.3 is 0 Å². The highest BCUT2D eigenvalue weighted by molar-refractivity contribution is 5.33. The molecule has 0 aliphatic carbocycles. The molecule has 0 heterocycles. The standard InChI is InChI=1S/C16H26/c1-12(2)16(6,7)14-10-8-9-13(11-14)15(3,4)5/h8-12H,1-7H3. The number of hydrogen-bond acceptors (Lipinski definition) is 0. The van der Waals surface area contributed by atoms with Gasteiger partial charge in [0, 0.05) is 0 Å². The van der Waals surface area contributed by atoms with E-state index in [9.17, 15) is 0 Å². The highest BCUT2D eigenvalue weighted by Crippen LogP contribution is 2.33. The smallest absolute Gasteiger partial charge is 0.00805 e. The first-order valence-electron chi connectivity index (χ1n) is 6.26. The molecule has 0 aromatic heterocycles. The lowest BCUT2D eigenvalue weighted by atomic mass is 9.73. The van der Waals surface area contributed by atoms with E-state index in [2.05, 4.69) is 72.7 Å². The van der Waals surface area contributed by atoms with Crippen LogP contribution in [0, 0.1) is 5.92 Å². The Labute approximate surface area is 101 Å². The first-order chi connectivity index (χ1) is 7.15. The Bertz CT molecular complexity index is 351. The fourth-order valence-corrected chi connectivity index (χ4v) is 1.72. The summed E-state index contributed by atoms with van der Waals surface area (Å²) in [4.78, 5) is 0. The van der Waals surface area contributed by atoms with Gasteiger partial charge in [0.1, 0.15) is 0 Å². The highest BCUT2D eigenvalue weighted by Gasteiger charge is 2.25. The van der Waals surface area contributed by atoms with E-state index in [4.69, 9.17) is 0 Å². The molecule has 0 aliphatic heterocycles. The molecule has 0 amide bonds. The Morgan fingerprint density at radius 3 is 1.81 bits per heavy atom. The van der Waals surface area contributed by atoms with Crippen LogP contribution in [0.5, 0.6) is 0 Å². The van der Waals surface area contributed by atoms with Crippen LogP contribution in [-0.4, -0.2) is 0 Å². The van der Waals surface area contributed by atoms with Crippen LogP contribution in [0.15, 0.2) is 24.3 Å². The lowest BCUT2D eigenvalue weighted by molar-refractivity contribution is 0.371. The Morgan fingerprint density at radius 2 is 1.38 bits per heavy atom. The maximum Gasteiger partial charge on any atom is -0.00805 e. The van der Waals surface area contributed by atoms with Crippen LogP contribution in [0.3, 0.4) is 0 Å². The van der Waals surface area contributed by atoms with Gasteiger partial charge in [-0.1, -0.05) is 72.7 Å². The van der Waals surface area contributed by atoms with E-state index in [1.807, 2.05) is 0 Å². The van der Waals surface area contributed by atoms with E-state index in [-0.39, 0.29) is 10.8 Å². The fourth-order valence-electron chi connectivity index (χ4n) is 1.72. The van der Waals surface area contributed by atoms with Crippen LogP contribution in [0.2, 0.25) is 0 Å². The minimum absolute atomic E-state index is 0.239. The summed E-state index contributed by atoms with van der Waals surface area (Å²) in [6, 6.07) is 9.06. The molecule has 0 saturated heterocycles. The Kier molecular flexibility index (Phi) is 3.52. The van der Waals surface area contributed by atoms with Gasteiger partial charge in [-0.25, -0.2) is 0 Å². The van der Waals surface area contributed by atoms with Crippen molar-refractivity contribution in [3.8, 4) is 0 Å². The van der Waals surface area contributed by atoms with Crippen LogP contribution in [-0.2, 0) is 10.8 Å². The van der Waals surface area contributed by atoms with E-state index in [1.165, 1.54) is 11.1 Å². The second kappa shape index (κ2) is 4.24. The Hall–Kier alpha value is -0.780. The zero-order chi connectivity index (χ0) is 12.6. The molecule has 0 unspecified atom stereocenters. The van der Waals surface area contributed by atoms with Gasteiger partial charge in [-0.2, -0.15) is 0 Å².